The zero-order valence-electron chi connectivity index (χ0n) is 13.9. The molecule has 126 valence electrons. The molecule has 1 N–H and O–H groups in total. The van der Waals surface area contributed by atoms with E-state index in [1.54, 1.807) is 50.5 Å². The van der Waals surface area contributed by atoms with Crippen molar-refractivity contribution in [2.45, 2.75) is 6.92 Å². The molecule has 0 saturated carbocycles. The predicted molar refractivity (Wildman–Crippen MR) is 94.8 cm³/mol. The number of hydrogen-bond acceptors (Lipinski definition) is 4. The Hall–Kier alpha value is -3.08. The fourth-order valence-electron chi connectivity index (χ4n) is 1.80. The van der Waals surface area contributed by atoms with E-state index in [4.69, 9.17) is 9.47 Å². The minimum Gasteiger partial charge on any atom is -0.493 e. The van der Waals surface area contributed by atoms with Gasteiger partial charge in [-0.3, -0.25) is 9.59 Å². The van der Waals surface area contributed by atoms with Crippen molar-refractivity contribution >= 4 is 18.3 Å². The number of benzene rings is 1. The standard InChI is InChI=1S/C19H21NO4/c1-5-11-24-17-9-7-15(12-18(17)23-4)8-10-19(22)20-14(3)16(6-2)13-21/h5-10,12-13H,1,3,11H2,2,4H3,(H,20,22)/b10-8+,16-6-. The molecule has 0 spiro atoms. The van der Waals surface area contributed by atoms with Crippen molar-refractivity contribution in [2.24, 2.45) is 0 Å². The summed E-state index contributed by atoms with van der Waals surface area (Å²) in [5.41, 5.74) is 1.36. The number of hydrogen-bond donors (Lipinski definition) is 1. The van der Waals surface area contributed by atoms with Crippen LogP contribution in [0.15, 0.2) is 60.9 Å². The van der Waals surface area contributed by atoms with Gasteiger partial charge in [0.1, 0.15) is 6.61 Å². The van der Waals surface area contributed by atoms with Crippen LogP contribution < -0.4 is 14.8 Å². The van der Waals surface area contributed by atoms with Crippen molar-refractivity contribution < 1.29 is 19.1 Å². The first kappa shape index (κ1) is 19.0. The first-order valence-corrected chi connectivity index (χ1v) is 7.27. The summed E-state index contributed by atoms with van der Waals surface area (Å²) >= 11 is 0. The number of ether oxygens (including phenoxy) is 2. The molecule has 1 aromatic rings. The van der Waals surface area contributed by atoms with Crippen LogP contribution in [0, 0.1) is 0 Å². The van der Waals surface area contributed by atoms with Crippen molar-refractivity contribution in [3.63, 3.8) is 0 Å². The maximum Gasteiger partial charge on any atom is 0.248 e. The fourth-order valence-corrected chi connectivity index (χ4v) is 1.80. The van der Waals surface area contributed by atoms with E-state index in [2.05, 4.69) is 18.5 Å². The molecular weight excluding hydrogens is 306 g/mol. The van der Waals surface area contributed by atoms with Gasteiger partial charge in [0.2, 0.25) is 5.91 Å². The highest BCUT2D eigenvalue weighted by atomic mass is 16.5. The van der Waals surface area contributed by atoms with Crippen LogP contribution >= 0.6 is 0 Å². The van der Waals surface area contributed by atoms with Gasteiger partial charge in [-0.2, -0.15) is 0 Å². The van der Waals surface area contributed by atoms with Crippen molar-refractivity contribution in [3.8, 4) is 11.5 Å². The fraction of sp³-hybridized carbons (Fsp3) is 0.158. The number of allylic oxidation sites excluding steroid dienone is 2. The predicted octanol–water partition coefficient (Wildman–Crippen LogP) is 3.05. The maximum atomic E-state index is 11.9. The zero-order valence-corrected chi connectivity index (χ0v) is 13.9. The van der Waals surface area contributed by atoms with Crippen molar-refractivity contribution in [1.29, 1.82) is 0 Å². The Bertz CT molecular complexity index is 687. The molecule has 0 heterocycles. The summed E-state index contributed by atoms with van der Waals surface area (Å²) in [6.07, 6.45) is 6.83. The van der Waals surface area contributed by atoms with Gasteiger partial charge in [-0.05, 0) is 30.7 Å². The number of carbonyl (C=O) groups is 2. The summed E-state index contributed by atoms with van der Waals surface area (Å²) in [7, 11) is 1.54. The number of aldehydes is 1. The van der Waals surface area contributed by atoms with E-state index in [0.717, 1.165) is 5.56 Å². The minimum absolute atomic E-state index is 0.257. The Morgan fingerprint density at radius 3 is 2.67 bits per heavy atom. The molecule has 0 radical (unpaired) electrons. The van der Waals surface area contributed by atoms with Crippen molar-refractivity contribution in [3.05, 3.63) is 66.4 Å². The van der Waals surface area contributed by atoms with Gasteiger partial charge in [-0.1, -0.05) is 31.4 Å². The van der Waals surface area contributed by atoms with Crippen LogP contribution in [0.3, 0.4) is 0 Å². The molecule has 1 rings (SSSR count). The second kappa shape index (κ2) is 9.84. The summed E-state index contributed by atoms with van der Waals surface area (Å²) in [5.74, 6) is 0.768. The summed E-state index contributed by atoms with van der Waals surface area (Å²) in [4.78, 5) is 22.6. The van der Waals surface area contributed by atoms with Gasteiger partial charge in [0.15, 0.2) is 17.8 Å². The Labute approximate surface area is 142 Å². The quantitative estimate of drug-likeness (QED) is 0.328. The first-order valence-electron chi connectivity index (χ1n) is 7.27. The Morgan fingerprint density at radius 1 is 1.33 bits per heavy atom. The highest BCUT2D eigenvalue weighted by Gasteiger charge is 2.06. The summed E-state index contributed by atoms with van der Waals surface area (Å²) < 4.78 is 10.7. The lowest BCUT2D eigenvalue weighted by Gasteiger charge is -2.09. The van der Waals surface area contributed by atoms with E-state index in [-0.39, 0.29) is 11.6 Å². The molecule has 1 amide bonds. The molecule has 0 atom stereocenters. The maximum absolute atomic E-state index is 11.9. The van der Waals surface area contributed by atoms with Gasteiger partial charge in [0, 0.05) is 17.3 Å². The third kappa shape index (κ3) is 5.61. The van der Waals surface area contributed by atoms with Gasteiger partial charge in [-0.15, -0.1) is 0 Å². The average Bonchev–Trinajstić information content (AvgIpc) is 2.59. The lowest BCUT2D eigenvalue weighted by atomic mass is 10.2. The summed E-state index contributed by atoms with van der Waals surface area (Å²) in [6, 6.07) is 5.30. The Balaban J connectivity index is 2.79. The number of amides is 1. The highest BCUT2D eigenvalue weighted by Crippen LogP contribution is 2.28. The summed E-state index contributed by atoms with van der Waals surface area (Å²) in [5, 5.41) is 2.53. The van der Waals surface area contributed by atoms with Crippen molar-refractivity contribution in [1.82, 2.24) is 5.32 Å². The largest absolute Gasteiger partial charge is 0.493 e. The van der Waals surface area contributed by atoms with Crippen LogP contribution in [0.2, 0.25) is 0 Å². The molecule has 0 saturated heterocycles. The van der Waals surface area contributed by atoms with E-state index >= 15 is 0 Å². The topological polar surface area (TPSA) is 64.6 Å². The molecule has 0 aliphatic carbocycles. The Morgan fingerprint density at radius 2 is 2.08 bits per heavy atom. The average molecular weight is 327 g/mol. The van der Waals surface area contributed by atoms with Gasteiger partial charge < -0.3 is 14.8 Å². The van der Waals surface area contributed by atoms with E-state index in [0.29, 0.717) is 30.0 Å². The van der Waals surface area contributed by atoms with Crippen LogP contribution in [-0.4, -0.2) is 25.9 Å². The highest BCUT2D eigenvalue weighted by molar-refractivity contribution is 5.94. The second-order valence-electron chi connectivity index (χ2n) is 4.67. The Kier molecular flexibility index (Phi) is 7.78. The molecule has 24 heavy (non-hydrogen) atoms. The molecular formula is C19H21NO4. The third-order valence-electron chi connectivity index (χ3n) is 3.03. The van der Waals surface area contributed by atoms with Crippen LogP contribution in [-0.2, 0) is 9.59 Å². The van der Waals surface area contributed by atoms with Crippen LogP contribution in [0.1, 0.15) is 12.5 Å². The molecule has 1 aromatic carbocycles. The van der Waals surface area contributed by atoms with E-state index < -0.39 is 0 Å². The molecule has 0 unspecified atom stereocenters. The third-order valence-corrected chi connectivity index (χ3v) is 3.03. The lowest BCUT2D eigenvalue weighted by Crippen LogP contribution is -2.21. The zero-order chi connectivity index (χ0) is 17.9. The first-order chi connectivity index (χ1) is 11.5. The number of rotatable bonds is 9. The SMILES string of the molecule is C=CCOc1ccc(/C=C/C(=O)NC(=C)/C(C=O)=C\C)cc1OC. The number of methoxy groups -OCH3 is 1. The molecule has 0 aliphatic heterocycles. The molecule has 0 fully saturated rings. The van der Waals surface area contributed by atoms with Gasteiger partial charge in [0.05, 0.1) is 7.11 Å². The molecule has 0 aliphatic rings. The number of nitrogens with one attached hydrogen (secondary N) is 1. The monoisotopic (exact) mass is 327 g/mol. The molecule has 5 heteroatoms. The van der Waals surface area contributed by atoms with E-state index in [1.807, 2.05) is 0 Å². The van der Waals surface area contributed by atoms with Crippen LogP contribution in [0.25, 0.3) is 6.08 Å². The molecule has 5 nitrogen and oxygen atoms in total. The van der Waals surface area contributed by atoms with Crippen LogP contribution in [0.4, 0.5) is 0 Å². The van der Waals surface area contributed by atoms with Gasteiger partial charge in [-0.25, -0.2) is 0 Å². The molecule has 0 bridgehead atoms. The van der Waals surface area contributed by atoms with Crippen molar-refractivity contribution in [2.75, 3.05) is 13.7 Å². The van der Waals surface area contributed by atoms with Gasteiger partial charge >= 0.3 is 0 Å². The summed E-state index contributed by atoms with van der Waals surface area (Å²) in [6.45, 7) is 9.31. The lowest BCUT2D eigenvalue weighted by molar-refractivity contribution is -0.115. The smallest absolute Gasteiger partial charge is 0.248 e. The van der Waals surface area contributed by atoms with Gasteiger partial charge in [0.25, 0.3) is 0 Å². The molecule has 0 aromatic heterocycles. The minimum atomic E-state index is -0.382. The second-order valence-corrected chi connectivity index (χ2v) is 4.67. The normalized spacial score (nSPS) is 11.0. The van der Waals surface area contributed by atoms with Crippen LogP contribution in [0.5, 0.6) is 11.5 Å². The van der Waals surface area contributed by atoms with E-state index in [9.17, 15) is 9.59 Å². The van der Waals surface area contributed by atoms with E-state index in [1.165, 1.54) is 6.08 Å². The number of carbonyl (C=O) groups excluding carboxylic acids is 2.